The Hall–Kier alpha value is -3.28. The fourth-order valence-electron chi connectivity index (χ4n) is 3.84. The lowest BCUT2D eigenvalue weighted by Crippen LogP contribution is -2.20. The number of pyridine rings is 1. The molecular formula is C26H32N2O4. The summed E-state index contributed by atoms with van der Waals surface area (Å²) in [5, 5.41) is 12.4. The Morgan fingerprint density at radius 2 is 1.75 bits per heavy atom. The summed E-state index contributed by atoms with van der Waals surface area (Å²) < 4.78 is 12.0. The fourth-order valence-corrected chi connectivity index (χ4v) is 3.84. The molecule has 1 heterocycles. The van der Waals surface area contributed by atoms with Crippen molar-refractivity contribution in [3.63, 3.8) is 0 Å². The van der Waals surface area contributed by atoms with Crippen LogP contribution in [-0.2, 0) is 0 Å². The van der Waals surface area contributed by atoms with E-state index < -0.39 is 0 Å². The molecule has 0 saturated heterocycles. The molecule has 3 rings (SSSR count). The third kappa shape index (κ3) is 4.96. The van der Waals surface area contributed by atoms with Crippen LogP contribution in [0.1, 0.15) is 51.5 Å². The number of fused-ring (bicyclic) bond motifs is 1. The van der Waals surface area contributed by atoms with Crippen molar-refractivity contribution in [2.45, 2.75) is 52.0 Å². The summed E-state index contributed by atoms with van der Waals surface area (Å²) >= 11 is 0. The average Bonchev–Trinajstić information content (AvgIpc) is 2.81. The van der Waals surface area contributed by atoms with Crippen LogP contribution in [0.15, 0.2) is 52.3 Å². The van der Waals surface area contributed by atoms with E-state index in [1.807, 2.05) is 18.2 Å². The molecule has 1 aromatic heterocycles. The third-order valence-corrected chi connectivity index (χ3v) is 5.66. The molecule has 0 fully saturated rings. The number of ether oxygens (including phenoxy) is 2. The van der Waals surface area contributed by atoms with Crippen molar-refractivity contribution in [3.8, 4) is 23.1 Å². The van der Waals surface area contributed by atoms with E-state index in [2.05, 4.69) is 18.8 Å². The highest BCUT2D eigenvalue weighted by molar-refractivity contribution is 6.01. The zero-order valence-electron chi connectivity index (χ0n) is 19.3. The van der Waals surface area contributed by atoms with Crippen LogP contribution in [0.4, 0.5) is 0 Å². The van der Waals surface area contributed by atoms with Gasteiger partial charge in [0.25, 0.3) is 5.56 Å². The first-order valence-corrected chi connectivity index (χ1v) is 11.1. The molecule has 0 aliphatic heterocycles. The molecule has 0 spiro atoms. The summed E-state index contributed by atoms with van der Waals surface area (Å²) in [6, 6.07) is 12.5. The maximum atomic E-state index is 13.3. The molecule has 0 aliphatic carbocycles. The minimum Gasteiger partial charge on any atom is -0.494 e. The molecule has 1 unspecified atom stereocenters. The molecule has 6 heteroatoms. The summed E-state index contributed by atoms with van der Waals surface area (Å²) in [6.07, 6.45) is 7.45. The SMILES string of the molecule is CCCCCCC(C)N=Cc1c(O)n(-c2ccc(OC)c(OC)c2)c(=O)c2ccccc12. The predicted octanol–water partition coefficient (Wildman–Crippen LogP) is 5.49. The number of benzene rings is 2. The number of aliphatic imine (C=N–C) groups is 1. The number of rotatable bonds is 10. The number of hydrogen-bond donors (Lipinski definition) is 1. The van der Waals surface area contributed by atoms with E-state index in [9.17, 15) is 9.90 Å². The Morgan fingerprint density at radius 1 is 1.03 bits per heavy atom. The molecule has 1 N–H and O–H groups in total. The van der Waals surface area contributed by atoms with Gasteiger partial charge >= 0.3 is 0 Å². The van der Waals surface area contributed by atoms with E-state index in [4.69, 9.17) is 9.47 Å². The number of aromatic nitrogens is 1. The number of hydrogen-bond acceptors (Lipinski definition) is 5. The number of nitrogens with zero attached hydrogens (tertiary/aromatic N) is 2. The van der Waals surface area contributed by atoms with Crippen molar-refractivity contribution in [3.05, 3.63) is 58.4 Å². The van der Waals surface area contributed by atoms with Crippen molar-refractivity contribution in [1.29, 1.82) is 0 Å². The van der Waals surface area contributed by atoms with Gasteiger partial charge in [-0.2, -0.15) is 0 Å². The quantitative estimate of drug-likeness (QED) is 0.337. The Kier molecular flexibility index (Phi) is 7.92. The minimum absolute atomic E-state index is 0.131. The minimum atomic E-state index is -0.310. The van der Waals surface area contributed by atoms with Gasteiger partial charge in [-0.15, -0.1) is 0 Å². The zero-order chi connectivity index (χ0) is 23.1. The van der Waals surface area contributed by atoms with Crippen LogP contribution < -0.4 is 15.0 Å². The number of unbranched alkanes of at least 4 members (excludes halogenated alkanes) is 3. The highest BCUT2D eigenvalue weighted by Crippen LogP contribution is 2.32. The van der Waals surface area contributed by atoms with Crippen LogP contribution in [-0.4, -0.2) is 36.1 Å². The Morgan fingerprint density at radius 3 is 2.44 bits per heavy atom. The molecule has 2 aromatic carbocycles. The first kappa shape index (κ1) is 23.4. The van der Waals surface area contributed by atoms with E-state index >= 15 is 0 Å². The molecule has 0 radical (unpaired) electrons. The maximum Gasteiger partial charge on any atom is 0.265 e. The monoisotopic (exact) mass is 436 g/mol. The Bertz CT molecular complexity index is 1150. The van der Waals surface area contributed by atoms with Gasteiger partial charge < -0.3 is 14.6 Å². The van der Waals surface area contributed by atoms with E-state index in [0.29, 0.717) is 33.5 Å². The summed E-state index contributed by atoms with van der Waals surface area (Å²) in [4.78, 5) is 18.0. The molecule has 3 aromatic rings. The normalized spacial score (nSPS) is 12.4. The fraction of sp³-hybridized carbons (Fsp3) is 0.385. The molecule has 0 saturated carbocycles. The lowest BCUT2D eigenvalue weighted by molar-refractivity contribution is 0.354. The van der Waals surface area contributed by atoms with Gasteiger partial charge in [-0.25, -0.2) is 4.57 Å². The second-order valence-electron chi connectivity index (χ2n) is 7.94. The summed E-state index contributed by atoms with van der Waals surface area (Å²) in [5.41, 5.74) is 0.698. The molecular weight excluding hydrogens is 404 g/mol. The van der Waals surface area contributed by atoms with E-state index in [1.165, 1.54) is 30.9 Å². The summed E-state index contributed by atoms with van der Waals surface area (Å²) in [7, 11) is 3.08. The highest BCUT2D eigenvalue weighted by Gasteiger charge is 2.18. The molecule has 0 aliphatic rings. The van der Waals surface area contributed by atoms with Crippen molar-refractivity contribution in [2.75, 3.05) is 14.2 Å². The smallest absolute Gasteiger partial charge is 0.265 e. The summed E-state index contributed by atoms with van der Waals surface area (Å²) in [6.45, 7) is 4.27. The first-order chi connectivity index (χ1) is 15.5. The van der Waals surface area contributed by atoms with Crippen LogP contribution in [0.25, 0.3) is 16.5 Å². The van der Waals surface area contributed by atoms with Crippen LogP contribution in [0.3, 0.4) is 0 Å². The van der Waals surface area contributed by atoms with Gasteiger partial charge in [-0.05, 0) is 31.5 Å². The largest absolute Gasteiger partial charge is 0.494 e. The second kappa shape index (κ2) is 10.8. The average molecular weight is 437 g/mol. The van der Waals surface area contributed by atoms with Gasteiger partial charge in [0.1, 0.15) is 0 Å². The summed E-state index contributed by atoms with van der Waals surface area (Å²) in [5.74, 6) is 0.867. The van der Waals surface area contributed by atoms with Crippen molar-refractivity contribution >= 4 is 17.0 Å². The van der Waals surface area contributed by atoms with Gasteiger partial charge in [0, 0.05) is 29.1 Å². The van der Waals surface area contributed by atoms with Gasteiger partial charge in [0.2, 0.25) is 5.88 Å². The van der Waals surface area contributed by atoms with Gasteiger partial charge in [-0.3, -0.25) is 9.79 Å². The Balaban J connectivity index is 2.08. The highest BCUT2D eigenvalue weighted by atomic mass is 16.5. The van der Waals surface area contributed by atoms with Crippen molar-refractivity contribution in [1.82, 2.24) is 4.57 Å². The van der Waals surface area contributed by atoms with E-state index in [-0.39, 0.29) is 17.5 Å². The van der Waals surface area contributed by atoms with Gasteiger partial charge in [0.15, 0.2) is 11.5 Å². The zero-order valence-corrected chi connectivity index (χ0v) is 19.3. The van der Waals surface area contributed by atoms with Gasteiger partial charge in [-0.1, -0.05) is 50.8 Å². The molecule has 32 heavy (non-hydrogen) atoms. The van der Waals surface area contributed by atoms with Crippen LogP contribution >= 0.6 is 0 Å². The molecule has 170 valence electrons. The van der Waals surface area contributed by atoms with Crippen LogP contribution in [0.5, 0.6) is 17.4 Å². The lowest BCUT2D eigenvalue weighted by Gasteiger charge is -2.16. The predicted molar refractivity (Wildman–Crippen MR) is 130 cm³/mol. The molecule has 1 atom stereocenters. The number of aromatic hydroxyl groups is 1. The van der Waals surface area contributed by atoms with Gasteiger partial charge in [0.05, 0.1) is 25.5 Å². The van der Waals surface area contributed by atoms with E-state index in [0.717, 1.165) is 12.8 Å². The topological polar surface area (TPSA) is 73.1 Å². The molecule has 0 bridgehead atoms. The molecule has 6 nitrogen and oxygen atoms in total. The third-order valence-electron chi connectivity index (χ3n) is 5.66. The second-order valence-corrected chi connectivity index (χ2v) is 7.94. The van der Waals surface area contributed by atoms with Crippen molar-refractivity contribution in [2.24, 2.45) is 4.99 Å². The first-order valence-electron chi connectivity index (χ1n) is 11.1. The van der Waals surface area contributed by atoms with Crippen molar-refractivity contribution < 1.29 is 14.6 Å². The van der Waals surface area contributed by atoms with Crippen LogP contribution in [0, 0.1) is 0 Å². The maximum absolute atomic E-state index is 13.3. The van der Waals surface area contributed by atoms with Crippen LogP contribution in [0.2, 0.25) is 0 Å². The van der Waals surface area contributed by atoms with E-state index in [1.54, 1.807) is 37.6 Å². The Labute approximate surface area is 189 Å². The lowest BCUT2D eigenvalue weighted by atomic mass is 10.1. The number of methoxy groups -OCH3 is 2. The standard InChI is InChI=1S/C26H32N2O4/c1-5-6-7-8-11-18(2)27-17-22-20-12-9-10-13-21(20)25(29)28(26(22)30)19-14-15-23(31-3)24(16-19)32-4/h9-10,12-18,30H,5-8,11H2,1-4H3. The molecule has 0 amide bonds.